The van der Waals surface area contributed by atoms with Crippen molar-refractivity contribution in [2.75, 3.05) is 25.1 Å². The molecule has 0 unspecified atom stereocenters. The minimum atomic E-state index is -0.263. The number of carbonyl (C=O) groups excluding carboxylic acids is 2. The molecule has 3 rings (SSSR count). The van der Waals surface area contributed by atoms with Crippen molar-refractivity contribution in [3.63, 3.8) is 0 Å². The molecule has 1 aliphatic rings. The van der Waals surface area contributed by atoms with Gasteiger partial charge in [-0.3, -0.25) is 9.59 Å². The maximum Gasteiger partial charge on any atom is 0.288 e. The number of hydrogen-bond acceptors (Lipinski definition) is 5. The molecule has 0 aliphatic carbocycles. The van der Waals surface area contributed by atoms with Gasteiger partial charge in [-0.15, -0.1) is 0 Å². The first-order valence-electron chi connectivity index (χ1n) is 7.67. The monoisotopic (exact) mass is 424 g/mol. The van der Waals surface area contributed by atoms with E-state index in [0.29, 0.717) is 5.75 Å². The van der Waals surface area contributed by atoms with Crippen molar-refractivity contribution in [3.05, 3.63) is 59.1 Å². The van der Waals surface area contributed by atoms with E-state index in [0.717, 1.165) is 23.2 Å². The molecular weight excluding hydrogens is 404 g/mol. The van der Waals surface area contributed by atoms with E-state index in [-0.39, 0.29) is 17.6 Å². The van der Waals surface area contributed by atoms with E-state index < -0.39 is 0 Å². The van der Waals surface area contributed by atoms with E-state index >= 15 is 0 Å². The molecule has 0 saturated carbocycles. The van der Waals surface area contributed by atoms with Crippen LogP contribution in [0.25, 0.3) is 0 Å². The Labute approximate surface area is 160 Å². The lowest BCUT2D eigenvalue weighted by Crippen LogP contribution is -2.23. The van der Waals surface area contributed by atoms with Crippen molar-refractivity contribution < 1.29 is 9.59 Å². The third-order valence-corrected chi connectivity index (χ3v) is 4.32. The number of amides is 2. The number of hydrogen-bond donors (Lipinski definition) is 2. The molecule has 1 saturated heterocycles. The number of aromatic nitrogens is 2. The minimum absolute atomic E-state index is 0.188. The number of nitrogens with zero attached hydrogens (tertiary/aromatic N) is 2. The van der Waals surface area contributed by atoms with Crippen molar-refractivity contribution >= 4 is 39.5 Å². The number of nitrogens with one attached hydrogen (secondary N) is 2. The Bertz CT molecular complexity index is 619. The second kappa shape index (κ2) is 13.4. The van der Waals surface area contributed by atoms with Gasteiger partial charge in [0.1, 0.15) is 0 Å². The van der Waals surface area contributed by atoms with Gasteiger partial charge in [-0.05, 0) is 30.4 Å². The molecule has 1 aliphatic heterocycles. The van der Waals surface area contributed by atoms with E-state index in [4.69, 9.17) is 0 Å². The Hall–Kier alpha value is -1.93. The highest BCUT2D eigenvalue weighted by molar-refractivity contribution is 9.10. The Balaban J connectivity index is 0.000000191. The van der Waals surface area contributed by atoms with Crippen LogP contribution in [0.3, 0.4) is 0 Å². The average Bonchev–Trinajstić information content (AvgIpc) is 2.91. The van der Waals surface area contributed by atoms with Crippen LogP contribution in [0.15, 0.2) is 53.3 Å². The summed E-state index contributed by atoms with van der Waals surface area (Å²) in [5, 5.41) is 5.20. The van der Waals surface area contributed by atoms with Gasteiger partial charge in [0.25, 0.3) is 5.91 Å². The van der Waals surface area contributed by atoms with Crippen LogP contribution in [0.2, 0.25) is 0 Å². The highest BCUT2D eigenvalue weighted by Gasteiger charge is 2.04. The second-order valence-corrected chi connectivity index (χ2v) is 6.72. The number of benzene rings is 1. The molecule has 1 aromatic heterocycles. The van der Waals surface area contributed by atoms with E-state index in [1.54, 1.807) is 24.9 Å². The molecule has 2 aromatic rings. The van der Waals surface area contributed by atoms with Gasteiger partial charge in [0, 0.05) is 30.5 Å². The zero-order valence-corrected chi connectivity index (χ0v) is 16.3. The third-order valence-electron chi connectivity index (χ3n) is 2.75. The molecule has 1 fully saturated rings. The summed E-state index contributed by atoms with van der Waals surface area (Å²) in [6.07, 6.45) is 4.17. The summed E-state index contributed by atoms with van der Waals surface area (Å²) in [5.74, 6) is 1.90. The highest BCUT2D eigenvalue weighted by Crippen LogP contribution is 2.05. The molecule has 0 spiro atoms. The molecule has 8 heteroatoms. The van der Waals surface area contributed by atoms with Gasteiger partial charge in [-0.25, -0.2) is 9.97 Å². The summed E-state index contributed by atoms with van der Waals surface area (Å²) < 4.78 is 1.13. The first kappa shape index (κ1) is 21.1. The lowest BCUT2D eigenvalue weighted by molar-refractivity contribution is -0.118. The zero-order valence-electron chi connectivity index (χ0n) is 13.9. The van der Waals surface area contributed by atoms with Gasteiger partial charge < -0.3 is 10.6 Å². The van der Waals surface area contributed by atoms with Crippen molar-refractivity contribution in [1.82, 2.24) is 20.6 Å². The summed E-state index contributed by atoms with van der Waals surface area (Å²) in [7, 11) is 1.54. The fourth-order valence-corrected chi connectivity index (χ4v) is 2.65. The largest absolute Gasteiger partial charge is 0.355 e. The number of carbonyl (C=O) groups is 2. The SMILES string of the molecule is Brc1ccccc1.CNC(=O)c1ncccn1.O=C1CSCCCN1. The van der Waals surface area contributed by atoms with E-state index in [2.05, 4.69) is 36.5 Å². The molecule has 0 atom stereocenters. The Morgan fingerprint density at radius 3 is 2.44 bits per heavy atom. The lowest BCUT2D eigenvalue weighted by atomic mass is 10.4. The minimum Gasteiger partial charge on any atom is -0.355 e. The number of thioether (sulfide) groups is 1. The second-order valence-electron chi connectivity index (χ2n) is 4.70. The van der Waals surface area contributed by atoms with Crippen molar-refractivity contribution in [3.8, 4) is 0 Å². The molecule has 6 nitrogen and oxygen atoms in total. The molecule has 134 valence electrons. The predicted molar refractivity (Wildman–Crippen MR) is 105 cm³/mol. The van der Waals surface area contributed by atoms with Crippen molar-refractivity contribution in [1.29, 1.82) is 0 Å². The fourth-order valence-electron chi connectivity index (χ4n) is 1.56. The Morgan fingerprint density at radius 1 is 1.20 bits per heavy atom. The van der Waals surface area contributed by atoms with Crippen LogP contribution in [0, 0.1) is 0 Å². The topological polar surface area (TPSA) is 84.0 Å². The summed E-state index contributed by atoms with van der Waals surface area (Å²) in [4.78, 5) is 28.8. The summed E-state index contributed by atoms with van der Waals surface area (Å²) >= 11 is 5.02. The lowest BCUT2D eigenvalue weighted by Gasteiger charge is -1.93. The average molecular weight is 425 g/mol. The molecule has 1 aromatic carbocycles. The first-order chi connectivity index (χ1) is 12.1. The fraction of sp³-hybridized carbons (Fsp3) is 0.294. The number of rotatable bonds is 1. The normalized spacial score (nSPS) is 13.0. The molecule has 2 N–H and O–H groups in total. The first-order valence-corrected chi connectivity index (χ1v) is 9.62. The van der Waals surface area contributed by atoms with Crippen LogP contribution in [0.1, 0.15) is 17.0 Å². The van der Waals surface area contributed by atoms with Crippen LogP contribution in [0.5, 0.6) is 0 Å². The maximum atomic E-state index is 10.8. The number of halogens is 1. The van der Waals surface area contributed by atoms with E-state index in [1.807, 2.05) is 30.3 Å². The van der Waals surface area contributed by atoms with Crippen LogP contribution >= 0.6 is 27.7 Å². The quantitative estimate of drug-likeness (QED) is 0.734. The van der Waals surface area contributed by atoms with Gasteiger partial charge in [0.2, 0.25) is 11.7 Å². The molecule has 0 bridgehead atoms. The molecular formula is C17H21BrN4O2S. The highest BCUT2D eigenvalue weighted by atomic mass is 79.9. The molecule has 2 heterocycles. The third kappa shape index (κ3) is 10.5. The van der Waals surface area contributed by atoms with E-state index in [1.165, 1.54) is 12.4 Å². The molecule has 25 heavy (non-hydrogen) atoms. The van der Waals surface area contributed by atoms with Gasteiger partial charge >= 0.3 is 0 Å². The van der Waals surface area contributed by atoms with Gasteiger partial charge in [-0.2, -0.15) is 11.8 Å². The van der Waals surface area contributed by atoms with Gasteiger partial charge in [-0.1, -0.05) is 34.1 Å². The van der Waals surface area contributed by atoms with Crippen molar-refractivity contribution in [2.24, 2.45) is 0 Å². The molecule has 0 radical (unpaired) electrons. The molecule has 2 amide bonds. The Morgan fingerprint density at radius 2 is 1.88 bits per heavy atom. The van der Waals surface area contributed by atoms with Crippen LogP contribution in [-0.2, 0) is 4.79 Å². The van der Waals surface area contributed by atoms with Crippen molar-refractivity contribution in [2.45, 2.75) is 6.42 Å². The van der Waals surface area contributed by atoms with Crippen LogP contribution in [-0.4, -0.2) is 46.9 Å². The predicted octanol–water partition coefficient (Wildman–Crippen LogP) is 2.52. The smallest absolute Gasteiger partial charge is 0.288 e. The van der Waals surface area contributed by atoms with E-state index in [9.17, 15) is 9.59 Å². The Kier molecular flexibility index (Phi) is 11.3. The van der Waals surface area contributed by atoms with Gasteiger partial charge in [0.05, 0.1) is 5.75 Å². The maximum absolute atomic E-state index is 10.8. The van der Waals surface area contributed by atoms with Crippen LogP contribution in [0.4, 0.5) is 0 Å². The van der Waals surface area contributed by atoms with Crippen LogP contribution < -0.4 is 10.6 Å². The standard InChI is InChI=1S/C6H5Br.C6H7N3O.C5H9NOS/c7-6-4-2-1-3-5-6;1-7-6(10)5-8-3-2-4-9-5;7-5-4-8-3-1-2-6-5/h1-5H;2-4H,1H3,(H,7,10);1-4H2,(H,6,7). The summed E-state index contributed by atoms with van der Waals surface area (Å²) in [5.41, 5.74) is 0. The summed E-state index contributed by atoms with van der Waals surface area (Å²) in [6, 6.07) is 11.6. The van der Waals surface area contributed by atoms with Gasteiger partial charge in [0.15, 0.2) is 0 Å². The summed E-state index contributed by atoms with van der Waals surface area (Å²) in [6.45, 7) is 0.867. The zero-order chi connectivity index (χ0) is 18.3.